The Morgan fingerprint density at radius 1 is 1.37 bits per heavy atom. The number of anilines is 2. The molecule has 1 saturated heterocycles. The van der Waals surface area contributed by atoms with Gasteiger partial charge in [-0.25, -0.2) is 4.98 Å². The van der Waals surface area contributed by atoms with Crippen molar-refractivity contribution in [2.24, 2.45) is 0 Å². The molecule has 19 heavy (non-hydrogen) atoms. The van der Waals surface area contributed by atoms with Gasteiger partial charge in [-0.2, -0.15) is 0 Å². The SMILES string of the molecule is Nc1ccc2nc(NCC3CCC(=O)N3)ccc2c1. The Labute approximate surface area is 111 Å². The highest BCUT2D eigenvalue weighted by Crippen LogP contribution is 2.18. The molecule has 0 saturated carbocycles. The highest BCUT2D eigenvalue weighted by Gasteiger charge is 2.20. The van der Waals surface area contributed by atoms with Gasteiger partial charge in [-0.15, -0.1) is 0 Å². The molecule has 98 valence electrons. The number of rotatable bonds is 3. The van der Waals surface area contributed by atoms with E-state index >= 15 is 0 Å². The Bertz CT molecular complexity index is 626. The van der Waals surface area contributed by atoms with Crippen molar-refractivity contribution in [2.45, 2.75) is 18.9 Å². The third kappa shape index (κ3) is 2.59. The Kier molecular flexibility index (Phi) is 2.95. The minimum Gasteiger partial charge on any atom is -0.399 e. The van der Waals surface area contributed by atoms with Crippen molar-refractivity contribution in [2.75, 3.05) is 17.6 Å². The number of fused-ring (bicyclic) bond motifs is 1. The molecule has 2 aromatic rings. The number of nitrogens with one attached hydrogen (secondary N) is 2. The number of amides is 1. The molecule has 1 unspecified atom stereocenters. The van der Waals surface area contributed by atoms with Crippen molar-refractivity contribution in [3.63, 3.8) is 0 Å². The highest BCUT2D eigenvalue weighted by molar-refractivity contribution is 5.83. The number of pyridine rings is 1. The number of hydrogen-bond acceptors (Lipinski definition) is 4. The van der Waals surface area contributed by atoms with Crippen LogP contribution in [0.25, 0.3) is 10.9 Å². The van der Waals surface area contributed by atoms with Gasteiger partial charge in [0.05, 0.1) is 5.52 Å². The maximum atomic E-state index is 11.1. The second-order valence-corrected chi connectivity index (χ2v) is 4.83. The smallest absolute Gasteiger partial charge is 0.220 e. The molecule has 5 nitrogen and oxygen atoms in total. The van der Waals surface area contributed by atoms with Crippen LogP contribution < -0.4 is 16.4 Å². The van der Waals surface area contributed by atoms with Crippen LogP contribution in [-0.2, 0) is 4.79 Å². The first-order valence-electron chi connectivity index (χ1n) is 6.40. The molecule has 1 aromatic carbocycles. The molecule has 4 N–H and O–H groups in total. The van der Waals surface area contributed by atoms with Gasteiger partial charge in [0.1, 0.15) is 5.82 Å². The van der Waals surface area contributed by atoms with E-state index in [9.17, 15) is 4.79 Å². The van der Waals surface area contributed by atoms with Crippen molar-refractivity contribution in [3.8, 4) is 0 Å². The van der Waals surface area contributed by atoms with Crippen LogP contribution >= 0.6 is 0 Å². The largest absolute Gasteiger partial charge is 0.399 e. The zero-order valence-electron chi connectivity index (χ0n) is 10.5. The minimum absolute atomic E-state index is 0.133. The lowest BCUT2D eigenvalue weighted by Gasteiger charge is -2.12. The second kappa shape index (κ2) is 4.76. The third-order valence-corrected chi connectivity index (χ3v) is 3.33. The first-order chi connectivity index (χ1) is 9.20. The van der Waals surface area contributed by atoms with Gasteiger partial charge in [0.15, 0.2) is 0 Å². The van der Waals surface area contributed by atoms with Gasteiger partial charge in [0, 0.05) is 30.1 Å². The summed E-state index contributed by atoms with van der Waals surface area (Å²) in [5, 5.41) is 7.21. The zero-order valence-corrected chi connectivity index (χ0v) is 10.5. The van der Waals surface area contributed by atoms with E-state index in [1.54, 1.807) is 0 Å². The average molecular weight is 256 g/mol. The first-order valence-corrected chi connectivity index (χ1v) is 6.40. The normalized spacial score (nSPS) is 18.5. The zero-order chi connectivity index (χ0) is 13.2. The van der Waals surface area contributed by atoms with Gasteiger partial charge < -0.3 is 16.4 Å². The number of aromatic nitrogens is 1. The molecule has 1 aromatic heterocycles. The maximum absolute atomic E-state index is 11.1. The summed E-state index contributed by atoms with van der Waals surface area (Å²) in [6, 6.07) is 9.79. The van der Waals surface area contributed by atoms with E-state index in [2.05, 4.69) is 15.6 Å². The Morgan fingerprint density at radius 2 is 2.26 bits per heavy atom. The molecule has 1 aliphatic rings. The molecular weight excluding hydrogens is 240 g/mol. The highest BCUT2D eigenvalue weighted by atomic mass is 16.1. The van der Waals surface area contributed by atoms with E-state index in [0.29, 0.717) is 13.0 Å². The summed E-state index contributed by atoms with van der Waals surface area (Å²) in [6.07, 6.45) is 1.51. The molecule has 2 heterocycles. The third-order valence-electron chi connectivity index (χ3n) is 3.33. The van der Waals surface area contributed by atoms with Gasteiger partial charge in [-0.3, -0.25) is 4.79 Å². The maximum Gasteiger partial charge on any atom is 0.220 e. The van der Waals surface area contributed by atoms with E-state index in [1.165, 1.54) is 0 Å². The Hall–Kier alpha value is -2.30. The summed E-state index contributed by atoms with van der Waals surface area (Å²) in [7, 11) is 0. The molecule has 1 amide bonds. The fourth-order valence-electron chi connectivity index (χ4n) is 2.30. The monoisotopic (exact) mass is 256 g/mol. The van der Waals surface area contributed by atoms with Crippen LogP contribution in [0.4, 0.5) is 11.5 Å². The Morgan fingerprint density at radius 3 is 3.05 bits per heavy atom. The predicted octanol–water partition coefficient (Wildman–Crippen LogP) is 1.51. The molecule has 1 fully saturated rings. The van der Waals surface area contributed by atoms with Crippen LogP contribution in [0.5, 0.6) is 0 Å². The summed E-state index contributed by atoms with van der Waals surface area (Å²) >= 11 is 0. The summed E-state index contributed by atoms with van der Waals surface area (Å²) in [6.45, 7) is 0.708. The number of hydrogen-bond donors (Lipinski definition) is 3. The van der Waals surface area contributed by atoms with Crippen LogP contribution in [0.2, 0.25) is 0 Å². The Balaban J connectivity index is 1.71. The van der Waals surface area contributed by atoms with E-state index in [1.807, 2.05) is 30.3 Å². The van der Waals surface area contributed by atoms with Gasteiger partial charge in [0.25, 0.3) is 0 Å². The molecule has 0 radical (unpaired) electrons. The summed E-state index contributed by atoms with van der Waals surface area (Å²) in [4.78, 5) is 15.6. The van der Waals surface area contributed by atoms with Crippen LogP contribution in [-0.4, -0.2) is 23.5 Å². The molecule has 0 aliphatic carbocycles. The molecule has 1 atom stereocenters. The molecule has 3 rings (SSSR count). The van der Waals surface area contributed by atoms with E-state index < -0.39 is 0 Å². The summed E-state index contributed by atoms with van der Waals surface area (Å²) in [5.74, 6) is 0.951. The number of nitrogen functional groups attached to an aromatic ring is 1. The number of nitrogens with two attached hydrogens (primary N) is 1. The first kappa shape index (κ1) is 11.8. The molecular formula is C14H16N4O. The average Bonchev–Trinajstić information content (AvgIpc) is 2.82. The standard InChI is InChI=1S/C14H16N4O/c15-10-2-4-12-9(7-10)1-5-13(18-12)16-8-11-3-6-14(19)17-11/h1-2,4-5,7,11H,3,6,8,15H2,(H,16,18)(H,17,19). The van der Waals surface area contributed by atoms with Crippen LogP contribution in [0.15, 0.2) is 30.3 Å². The molecule has 5 heteroatoms. The van der Waals surface area contributed by atoms with Crippen LogP contribution in [0.1, 0.15) is 12.8 Å². The number of nitrogens with zero attached hydrogens (tertiary/aromatic N) is 1. The van der Waals surface area contributed by atoms with Crippen molar-refractivity contribution in [3.05, 3.63) is 30.3 Å². The number of carbonyl (C=O) groups is 1. The lowest BCUT2D eigenvalue weighted by atomic mass is 10.2. The van der Waals surface area contributed by atoms with Gasteiger partial charge in [-0.1, -0.05) is 0 Å². The summed E-state index contributed by atoms with van der Waals surface area (Å²) < 4.78 is 0. The van der Waals surface area contributed by atoms with E-state index in [0.717, 1.165) is 28.8 Å². The lowest BCUT2D eigenvalue weighted by Crippen LogP contribution is -2.31. The minimum atomic E-state index is 0.133. The number of carbonyl (C=O) groups excluding carboxylic acids is 1. The van der Waals surface area contributed by atoms with Crippen molar-refractivity contribution in [1.82, 2.24) is 10.3 Å². The molecule has 1 aliphatic heterocycles. The quantitative estimate of drug-likeness (QED) is 0.727. The van der Waals surface area contributed by atoms with Crippen LogP contribution in [0, 0.1) is 0 Å². The topological polar surface area (TPSA) is 80.0 Å². The van der Waals surface area contributed by atoms with Crippen molar-refractivity contribution >= 4 is 28.3 Å². The number of benzene rings is 1. The van der Waals surface area contributed by atoms with Gasteiger partial charge in [-0.05, 0) is 36.8 Å². The second-order valence-electron chi connectivity index (χ2n) is 4.83. The van der Waals surface area contributed by atoms with Crippen molar-refractivity contribution in [1.29, 1.82) is 0 Å². The summed E-state index contributed by atoms with van der Waals surface area (Å²) in [5.41, 5.74) is 7.38. The molecule has 0 spiro atoms. The molecule has 0 bridgehead atoms. The van der Waals surface area contributed by atoms with E-state index in [-0.39, 0.29) is 11.9 Å². The van der Waals surface area contributed by atoms with Gasteiger partial charge >= 0.3 is 0 Å². The lowest BCUT2D eigenvalue weighted by molar-refractivity contribution is -0.119. The fraction of sp³-hybridized carbons (Fsp3) is 0.286. The van der Waals surface area contributed by atoms with Gasteiger partial charge in [0.2, 0.25) is 5.91 Å². The van der Waals surface area contributed by atoms with Crippen LogP contribution in [0.3, 0.4) is 0 Å². The van der Waals surface area contributed by atoms with E-state index in [4.69, 9.17) is 5.73 Å². The predicted molar refractivity (Wildman–Crippen MR) is 75.8 cm³/mol. The van der Waals surface area contributed by atoms with Crippen molar-refractivity contribution < 1.29 is 4.79 Å². The fourth-order valence-corrected chi connectivity index (χ4v) is 2.30.